The molecule has 2 atom stereocenters. The zero-order valence-corrected chi connectivity index (χ0v) is 20.2. The highest BCUT2D eigenvalue weighted by atomic mass is 16.7. The van der Waals surface area contributed by atoms with E-state index in [1.807, 2.05) is 72.8 Å². The lowest BCUT2D eigenvalue weighted by Crippen LogP contribution is -2.32. The number of fused-ring (bicyclic) bond motifs is 1. The Balaban J connectivity index is 1.55. The third-order valence-corrected chi connectivity index (χ3v) is 6.73. The molecule has 5 rings (SSSR count). The molecule has 0 spiro atoms. The van der Waals surface area contributed by atoms with Crippen LogP contribution in [0, 0.1) is 0 Å². The zero-order valence-electron chi connectivity index (χ0n) is 20.2. The van der Waals surface area contributed by atoms with Crippen molar-refractivity contribution < 1.29 is 19.4 Å². The largest absolute Gasteiger partial charge is 0.481 e. The summed E-state index contributed by atoms with van der Waals surface area (Å²) in [6.45, 7) is 3.00. The number of hydrogen-bond donors (Lipinski definition) is 1. The van der Waals surface area contributed by atoms with Gasteiger partial charge in [-0.3, -0.25) is 9.69 Å². The monoisotopic (exact) mass is 479 g/mol. The molecule has 182 valence electrons. The summed E-state index contributed by atoms with van der Waals surface area (Å²) >= 11 is 0. The second-order valence-corrected chi connectivity index (χ2v) is 9.05. The van der Waals surface area contributed by atoms with Crippen LogP contribution in [0.25, 0.3) is 11.1 Å². The van der Waals surface area contributed by atoms with Crippen molar-refractivity contribution in [2.75, 3.05) is 6.79 Å². The number of carbonyl (C=O) groups is 1. The first-order valence-electron chi connectivity index (χ1n) is 12.1. The minimum absolute atomic E-state index is 0.00459. The Kier molecular flexibility index (Phi) is 7.01. The van der Waals surface area contributed by atoms with Crippen molar-refractivity contribution in [3.05, 3.63) is 120 Å². The predicted molar refractivity (Wildman–Crippen MR) is 140 cm³/mol. The number of hydrogen-bond acceptors (Lipinski definition) is 4. The molecule has 5 heteroatoms. The van der Waals surface area contributed by atoms with Crippen molar-refractivity contribution in [2.45, 2.75) is 32.0 Å². The van der Waals surface area contributed by atoms with Gasteiger partial charge in [-0.2, -0.15) is 0 Å². The van der Waals surface area contributed by atoms with E-state index >= 15 is 0 Å². The highest BCUT2D eigenvalue weighted by Gasteiger charge is 2.28. The summed E-state index contributed by atoms with van der Waals surface area (Å²) < 4.78 is 11.0. The maximum Gasteiger partial charge on any atom is 0.305 e. The summed E-state index contributed by atoms with van der Waals surface area (Å²) in [6, 6.07) is 34.2. The summed E-state index contributed by atoms with van der Waals surface area (Å²) in [5, 5.41) is 9.95. The number of carboxylic acid groups (broad SMARTS) is 1. The molecule has 1 aliphatic heterocycles. The fourth-order valence-electron chi connectivity index (χ4n) is 4.83. The van der Waals surface area contributed by atoms with Crippen molar-refractivity contribution in [3.8, 4) is 22.6 Å². The van der Waals surface area contributed by atoms with E-state index in [2.05, 4.69) is 42.2 Å². The summed E-state index contributed by atoms with van der Waals surface area (Å²) in [7, 11) is 0. The molecular formula is C31H29NO4. The predicted octanol–water partition coefficient (Wildman–Crippen LogP) is 6.86. The topological polar surface area (TPSA) is 59.0 Å². The molecule has 0 saturated heterocycles. The average molecular weight is 480 g/mol. The average Bonchev–Trinajstić information content (AvgIpc) is 3.39. The molecule has 0 bridgehead atoms. The molecule has 0 saturated carbocycles. The van der Waals surface area contributed by atoms with Crippen LogP contribution >= 0.6 is 0 Å². The zero-order chi connectivity index (χ0) is 24.9. The molecule has 36 heavy (non-hydrogen) atoms. The molecule has 4 aromatic rings. The number of rotatable bonds is 9. The Bertz CT molecular complexity index is 1320. The number of ether oxygens (including phenoxy) is 2. The van der Waals surface area contributed by atoms with E-state index in [1.165, 1.54) is 0 Å². The minimum atomic E-state index is -0.827. The second kappa shape index (κ2) is 10.7. The van der Waals surface area contributed by atoms with Crippen LogP contribution in [0.4, 0.5) is 0 Å². The summed E-state index contributed by atoms with van der Waals surface area (Å²) in [5.41, 5.74) is 5.26. The van der Waals surface area contributed by atoms with Gasteiger partial charge in [0.05, 0.1) is 6.42 Å². The molecule has 0 radical (unpaired) electrons. The van der Waals surface area contributed by atoms with E-state index in [-0.39, 0.29) is 25.3 Å². The van der Waals surface area contributed by atoms with Crippen LogP contribution < -0.4 is 9.47 Å². The van der Waals surface area contributed by atoms with Crippen molar-refractivity contribution in [2.24, 2.45) is 0 Å². The SMILES string of the molecule is C[C@H](c1ccccc1)N(Cc1ccccc1)C(CC(=O)O)c1cccc(-c2ccc3c(c2)OCO3)c1. The van der Waals surface area contributed by atoms with E-state index in [9.17, 15) is 9.90 Å². The third-order valence-electron chi connectivity index (χ3n) is 6.73. The van der Waals surface area contributed by atoms with Gasteiger partial charge in [0.25, 0.3) is 0 Å². The van der Waals surface area contributed by atoms with Crippen molar-refractivity contribution in [3.63, 3.8) is 0 Å². The van der Waals surface area contributed by atoms with Crippen molar-refractivity contribution in [1.82, 2.24) is 4.90 Å². The Hall–Kier alpha value is -4.09. The minimum Gasteiger partial charge on any atom is -0.481 e. The standard InChI is InChI=1S/C31H29NO4/c1-22(24-11-6-3-7-12-24)32(20-23-9-4-2-5-10-23)28(19-31(33)34)27-14-8-13-25(17-27)26-15-16-29-30(18-26)36-21-35-29/h2-18,22,28H,19-21H2,1H3,(H,33,34)/t22-,28?/m1/s1. The van der Waals surface area contributed by atoms with Gasteiger partial charge in [-0.15, -0.1) is 0 Å². The highest BCUT2D eigenvalue weighted by Crippen LogP contribution is 2.39. The maximum atomic E-state index is 12.1. The first kappa shape index (κ1) is 23.6. The molecule has 0 aromatic heterocycles. The molecule has 1 N–H and O–H groups in total. The van der Waals surface area contributed by atoms with Crippen LogP contribution in [0.15, 0.2) is 103 Å². The van der Waals surface area contributed by atoms with Crippen LogP contribution in [-0.4, -0.2) is 22.8 Å². The summed E-state index contributed by atoms with van der Waals surface area (Å²) in [4.78, 5) is 14.4. The van der Waals surface area contributed by atoms with Crippen LogP contribution in [0.1, 0.15) is 42.1 Å². The summed E-state index contributed by atoms with van der Waals surface area (Å²) in [5.74, 6) is 0.638. The molecule has 4 aromatic carbocycles. The second-order valence-electron chi connectivity index (χ2n) is 9.05. The van der Waals surface area contributed by atoms with Gasteiger partial charge in [-0.25, -0.2) is 0 Å². The fourth-order valence-corrected chi connectivity index (χ4v) is 4.83. The van der Waals surface area contributed by atoms with Crippen LogP contribution in [0.3, 0.4) is 0 Å². The quantitative estimate of drug-likeness (QED) is 0.284. The molecule has 0 aliphatic carbocycles. The lowest BCUT2D eigenvalue weighted by atomic mass is 9.94. The molecule has 0 amide bonds. The van der Waals surface area contributed by atoms with Gasteiger partial charge < -0.3 is 14.6 Å². The van der Waals surface area contributed by atoms with E-state index in [1.54, 1.807) is 0 Å². The summed E-state index contributed by atoms with van der Waals surface area (Å²) in [6.07, 6.45) is -0.00536. The van der Waals surface area contributed by atoms with Gasteiger partial charge in [0.1, 0.15) is 0 Å². The van der Waals surface area contributed by atoms with Gasteiger partial charge in [-0.1, -0.05) is 84.9 Å². The van der Waals surface area contributed by atoms with E-state index in [0.29, 0.717) is 6.54 Å². The first-order chi connectivity index (χ1) is 17.6. The first-order valence-corrected chi connectivity index (χ1v) is 12.1. The number of nitrogens with zero attached hydrogens (tertiary/aromatic N) is 1. The third kappa shape index (κ3) is 5.26. The molecule has 0 fully saturated rings. The Morgan fingerprint density at radius 1 is 0.806 bits per heavy atom. The van der Waals surface area contributed by atoms with E-state index in [4.69, 9.17) is 9.47 Å². The Labute approximate surface area is 211 Å². The van der Waals surface area contributed by atoms with Crippen LogP contribution in [-0.2, 0) is 11.3 Å². The van der Waals surface area contributed by atoms with E-state index in [0.717, 1.165) is 39.3 Å². The van der Waals surface area contributed by atoms with Crippen LogP contribution in [0.2, 0.25) is 0 Å². The lowest BCUT2D eigenvalue weighted by Gasteiger charge is -2.37. The van der Waals surface area contributed by atoms with Crippen molar-refractivity contribution in [1.29, 1.82) is 0 Å². The van der Waals surface area contributed by atoms with Gasteiger partial charge in [0.15, 0.2) is 11.5 Å². The molecule has 1 unspecified atom stereocenters. The fraction of sp³-hybridized carbons (Fsp3) is 0.194. The molecular weight excluding hydrogens is 450 g/mol. The molecule has 1 aliphatic rings. The maximum absolute atomic E-state index is 12.1. The van der Waals surface area contributed by atoms with Gasteiger partial charge in [-0.05, 0) is 52.9 Å². The number of benzene rings is 4. The highest BCUT2D eigenvalue weighted by molar-refractivity contribution is 5.70. The Morgan fingerprint density at radius 2 is 1.47 bits per heavy atom. The van der Waals surface area contributed by atoms with Gasteiger partial charge in [0, 0.05) is 18.6 Å². The smallest absolute Gasteiger partial charge is 0.305 e. The van der Waals surface area contributed by atoms with Crippen molar-refractivity contribution >= 4 is 5.97 Å². The number of aliphatic carboxylic acids is 1. The van der Waals surface area contributed by atoms with Gasteiger partial charge in [0.2, 0.25) is 6.79 Å². The number of carboxylic acids is 1. The molecule has 1 heterocycles. The Morgan fingerprint density at radius 3 is 2.22 bits per heavy atom. The molecule has 5 nitrogen and oxygen atoms in total. The van der Waals surface area contributed by atoms with E-state index < -0.39 is 5.97 Å². The lowest BCUT2D eigenvalue weighted by molar-refractivity contribution is -0.138. The van der Waals surface area contributed by atoms with Crippen LogP contribution in [0.5, 0.6) is 11.5 Å². The normalized spacial score (nSPS) is 13.9. The van der Waals surface area contributed by atoms with Gasteiger partial charge >= 0.3 is 5.97 Å².